The number of amides is 1. The molecule has 0 atom stereocenters. The van der Waals surface area contributed by atoms with Crippen LogP contribution in [0.25, 0.3) is 0 Å². The molecule has 1 amide bonds. The highest BCUT2D eigenvalue weighted by Gasteiger charge is 2.07. The van der Waals surface area contributed by atoms with Crippen LogP contribution in [0.1, 0.15) is 18.4 Å². The zero-order valence-corrected chi connectivity index (χ0v) is 12.2. The fourth-order valence-electron chi connectivity index (χ4n) is 1.62. The number of nitrogens with one attached hydrogen (secondary N) is 2. The monoisotopic (exact) mass is 302 g/mol. The molecule has 0 aliphatic rings. The Balaban J connectivity index is 2.19. The molecule has 1 rings (SSSR count). The van der Waals surface area contributed by atoms with Gasteiger partial charge in [0.05, 0.1) is 5.75 Å². The Morgan fingerprint density at radius 2 is 1.90 bits per heavy atom. The van der Waals surface area contributed by atoms with E-state index in [9.17, 15) is 17.6 Å². The molecule has 112 valence electrons. The van der Waals surface area contributed by atoms with Gasteiger partial charge in [-0.3, -0.25) is 4.79 Å². The first kappa shape index (κ1) is 16.6. The minimum Gasteiger partial charge on any atom is -0.355 e. The number of hydrogen-bond acceptors (Lipinski definition) is 3. The molecular weight excluding hydrogens is 283 g/mol. The average molecular weight is 302 g/mol. The number of hydrogen-bond donors (Lipinski definition) is 2. The molecular formula is C13H19FN2O3S. The largest absolute Gasteiger partial charge is 0.355 e. The summed E-state index contributed by atoms with van der Waals surface area (Å²) in [6, 6.07) is 6.15. The molecule has 0 bridgehead atoms. The summed E-state index contributed by atoms with van der Waals surface area (Å²) < 4.78 is 37.1. The molecule has 0 saturated heterocycles. The third-order valence-electron chi connectivity index (χ3n) is 2.79. The molecule has 1 aromatic rings. The number of rotatable bonds is 8. The Hall–Kier alpha value is -1.47. The summed E-state index contributed by atoms with van der Waals surface area (Å²) in [6.07, 6.45) is 1.63. The van der Waals surface area contributed by atoms with Crippen LogP contribution in [0, 0.1) is 5.82 Å². The lowest BCUT2D eigenvalue weighted by Crippen LogP contribution is -2.32. The Labute approximate surface area is 118 Å². The van der Waals surface area contributed by atoms with Crippen LogP contribution in [0.5, 0.6) is 0 Å². The number of carbonyl (C=O) groups excluding carboxylic acids is 1. The number of carbonyl (C=O) groups is 1. The van der Waals surface area contributed by atoms with E-state index in [4.69, 9.17) is 0 Å². The predicted molar refractivity (Wildman–Crippen MR) is 75.2 cm³/mol. The summed E-state index contributed by atoms with van der Waals surface area (Å²) in [5.74, 6) is -0.594. The van der Waals surface area contributed by atoms with Crippen molar-refractivity contribution in [3.8, 4) is 0 Å². The van der Waals surface area contributed by atoms with Gasteiger partial charge in [0.25, 0.3) is 0 Å². The molecule has 0 aliphatic carbocycles. The van der Waals surface area contributed by atoms with Gasteiger partial charge in [-0.15, -0.1) is 0 Å². The average Bonchev–Trinajstić information content (AvgIpc) is 2.41. The topological polar surface area (TPSA) is 75.3 Å². The Morgan fingerprint density at radius 1 is 1.25 bits per heavy atom. The maximum Gasteiger partial charge on any atom is 0.220 e. The van der Waals surface area contributed by atoms with Gasteiger partial charge in [-0.2, -0.15) is 0 Å². The van der Waals surface area contributed by atoms with Crippen LogP contribution >= 0.6 is 0 Å². The molecule has 20 heavy (non-hydrogen) atoms. The number of benzene rings is 1. The minimum atomic E-state index is -3.28. The molecule has 7 heteroatoms. The fourth-order valence-corrected chi connectivity index (χ4v) is 2.19. The summed E-state index contributed by atoms with van der Waals surface area (Å²) in [7, 11) is -1.95. The van der Waals surface area contributed by atoms with Crippen molar-refractivity contribution in [2.75, 3.05) is 19.3 Å². The smallest absolute Gasteiger partial charge is 0.220 e. The maximum absolute atomic E-state index is 12.7. The van der Waals surface area contributed by atoms with Gasteiger partial charge >= 0.3 is 0 Å². The Morgan fingerprint density at radius 3 is 2.50 bits per heavy atom. The lowest BCUT2D eigenvalue weighted by atomic mass is 10.1. The predicted octanol–water partition coefficient (Wildman–Crippen LogP) is 0.814. The Kier molecular flexibility index (Phi) is 6.60. The van der Waals surface area contributed by atoms with E-state index in [1.807, 2.05) is 0 Å². The second-order valence-corrected chi connectivity index (χ2v) is 6.40. The highest BCUT2D eigenvalue weighted by Crippen LogP contribution is 2.06. The van der Waals surface area contributed by atoms with Crippen LogP contribution in [0.4, 0.5) is 4.39 Å². The summed E-state index contributed by atoms with van der Waals surface area (Å²) in [6.45, 7) is 0.0958. The first-order valence-electron chi connectivity index (χ1n) is 6.35. The second kappa shape index (κ2) is 7.96. The van der Waals surface area contributed by atoms with Gasteiger partial charge in [0.1, 0.15) is 5.82 Å². The van der Waals surface area contributed by atoms with Crippen LogP contribution in [0.3, 0.4) is 0 Å². The van der Waals surface area contributed by atoms with Crippen molar-refractivity contribution < 1.29 is 17.6 Å². The fraction of sp³-hybridized carbons (Fsp3) is 0.462. The second-order valence-electron chi connectivity index (χ2n) is 4.35. The van der Waals surface area contributed by atoms with Gasteiger partial charge in [0.2, 0.25) is 15.9 Å². The number of sulfonamides is 1. The van der Waals surface area contributed by atoms with E-state index in [1.165, 1.54) is 19.2 Å². The highest BCUT2D eigenvalue weighted by molar-refractivity contribution is 7.89. The molecule has 0 heterocycles. The quantitative estimate of drug-likeness (QED) is 0.746. The molecule has 0 saturated carbocycles. The molecule has 0 aromatic heterocycles. The molecule has 0 spiro atoms. The van der Waals surface area contributed by atoms with Crippen LogP contribution in [0.2, 0.25) is 0 Å². The van der Waals surface area contributed by atoms with Crippen molar-refractivity contribution >= 4 is 15.9 Å². The zero-order chi connectivity index (χ0) is 15.0. The van der Waals surface area contributed by atoms with Crippen LogP contribution < -0.4 is 10.0 Å². The third-order valence-corrected chi connectivity index (χ3v) is 4.15. The maximum atomic E-state index is 12.7. The summed E-state index contributed by atoms with van der Waals surface area (Å²) in [4.78, 5) is 11.5. The van der Waals surface area contributed by atoms with Gasteiger partial charge < -0.3 is 5.32 Å². The molecule has 0 radical (unpaired) electrons. The SMILES string of the molecule is CNS(=O)(=O)CCNC(=O)CCCc1ccc(F)cc1. The van der Waals surface area contributed by atoms with Crippen molar-refractivity contribution in [3.63, 3.8) is 0 Å². The lowest BCUT2D eigenvalue weighted by Gasteiger charge is -2.05. The van der Waals surface area contributed by atoms with Crippen molar-refractivity contribution in [2.45, 2.75) is 19.3 Å². The normalized spacial score (nSPS) is 11.3. The molecule has 0 unspecified atom stereocenters. The lowest BCUT2D eigenvalue weighted by molar-refractivity contribution is -0.121. The summed E-state index contributed by atoms with van der Waals surface area (Å²) in [5, 5.41) is 2.55. The van der Waals surface area contributed by atoms with Crippen LogP contribution in [-0.4, -0.2) is 33.7 Å². The number of halogens is 1. The van der Waals surface area contributed by atoms with Gasteiger partial charge in [0, 0.05) is 13.0 Å². The van der Waals surface area contributed by atoms with Gasteiger partial charge in [0.15, 0.2) is 0 Å². The zero-order valence-electron chi connectivity index (χ0n) is 11.4. The van der Waals surface area contributed by atoms with Gasteiger partial charge in [-0.25, -0.2) is 17.5 Å². The van der Waals surface area contributed by atoms with Crippen molar-refractivity contribution in [1.82, 2.24) is 10.0 Å². The van der Waals surface area contributed by atoms with E-state index in [0.717, 1.165) is 5.56 Å². The van der Waals surface area contributed by atoms with Crippen LogP contribution in [-0.2, 0) is 21.2 Å². The van der Waals surface area contributed by atoms with Crippen molar-refractivity contribution in [3.05, 3.63) is 35.6 Å². The molecule has 2 N–H and O–H groups in total. The van der Waals surface area contributed by atoms with Gasteiger partial charge in [-0.05, 0) is 37.6 Å². The Bertz CT molecular complexity index is 529. The van der Waals surface area contributed by atoms with E-state index in [0.29, 0.717) is 19.3 Å². The molecule has 0 aliphatic heterocycles. The third kappa shape index (κ3) is 6.63. The van der Waals surface area contributed by atoms with E-state index in [1.54, 1.807) is 12.1 Å². The van der Waals surface area contributed by atoms with Gasteiger partial charge in [-0.1, -0.05) is 12.1 Å². The number of aryl methyl sites for hydroxylation is 1. The van der Waals surface area contributed by atoms with Crippen molar-refractivity contribution in [2.24, 2.45) is 0 Å². The summed E-state index contributed by atoms with van der Waals surface area (Å²) >= 11 is 0. The van der Waals surface area contributed by atoms with E-state index < -0.39 is 10.0 Å². The molecule has 0 fully saturated rings. The van der Waals surface area contributed by atoms with Crippen LogP contribution in [0.15, 0.2) is 24.3 Å². The van der Waals surface area contributed by atoms with Crippen molar-refractivity contribution in [1.29, 1.82) is 0 Å². The summed E-state index contributed by atoms with van der Waals surface area (Å²) in [5.41, 5.74) is 0.969. The first-order valence-corrected chi connectivity index (χ1v) is 8.00. The van der Waals surface area contributed by atoms with E-state index in [2.05, 4.69) is 10.0 Å². The van der Waals surface area contributed by atoms with E-state index >= 15 is 0 Å². The highest BCUT2D eigenvalue weighted by atomic mass is 32.2. The minimum absolute atomic E-state index is 0.0958. The molecule has 1 aromatic carbocycles. The standard InChI is InChI=1S/C13H19FN2O3S/c1-15-20(18,19)10-9-16-13(17)4-2-3-11-5-7-12(14)8-6-11/h5-8,15H,2-4,9-10H2,1H3,(H,16,17). The van der Waals surface area contributed by atoms with E-state index in [-0.39, 0.29) is 24.0 Å². The molecule has 5 nitrogen and oxygen atoms in total. The first-order chi connectivity index (χ1) is 9.43.